The highest BCUT2D eigenvalue weighted by atomic mass is 32.2. The Labute approximate surface area is 206 Å². The fourth-order valence-corrected chi connectivity index (χ4v) is 5.97. The number of nitrogens with zero attached hydrogens (tertiary/aromatic N) is 2. The van der Waals surface area contributed by atoms with Crippen LogP contribution in [-0.4, -0.2) is 49.1 Å². The zero-order valence-corrected chi connectivity index (χ0v) is 20.8. The van der Waals surface area contributed by atoms with E-state index in [2.05, 4.69) is 22.4 Å². The molecule has 0 saturated carbocycles. The van der Waals surface area contributed by atoms with Crippen molar-refractivity contribution >= 4 is 15.9 Å². The summed E-state index contributed by atoms with van der Waals surface area (Å²) < 4.78 is 37.5. The molecule has 0 saturated heterocycles. The molecule has 186 valence electrons. The number of imidazole rings is 1. The maximum atomic E-state index is 12.5. The Balaban J connectivity index is 1.43. The number of ether oxygens (including phenoxy) is 2. The van der Waals surface area contributed by atoms with Gasteiger partial charge >= 0.3 is 6.09 Å². The van der Waals surface area contributed by atoms with Gasteiger partial charge in [-0.05, 0) is 55.0 Å². The standard InChI is InChI=1S/C26H31N3O5S/c1-3-33-26(30)28-24-17-20-10-11-21(18-22(20)23(24)16-19-8-5-4-6-9-19)34-14-7-15-35(31,32)25-27-12-13-29(25)2/h4-6,8-13,18,23-24H,3,7,14-17H2,1-2H3,(H,28,30). The number of nitrogens with one attached hydrogen (secondary N) is 1. The van der Waals surface area contributed by atoms with Crippen molar-refractivity contribution < 1.29 is 22.7 Å². The largest absolute Gasteiger partial charge is 0.494 e. The van der Waals surface area contributed by atoms with Crippen molar-refractivity contribution in [1.29, 1.82) is 0 Å². The quantitative estimate of drug-likeness (QED) is 0.429. The van der Waals surface area contributed by atoms with Gasteiger partial charge in [0.1, 0.15) is 5.75 Å². The molecular formula is C26H31N3O5S. The van der Waals surface area contributed by atoms with Gasteiger partial charge < -0.3 is 19.4 Å². The molecule has 0 bridgehead atoms. The topological polar surface area (TPSA) is 99.5 Å². The van der Waals surface area contributed by atoms with E-state index in [4.69, 9.17) is 9.47 Å². The molecule has 8 nitrogen and oxygen atoms in total. The van der Waals surface area contributed by atoms with Gasteiger partial charge in [0.25, 0.3) is 0 Å². The summed E-state index contributed by atoms with van der Waals surface area (Å²) in [5.41, 5.74) is 3.48. The van der Waals surface area contributed by atoms with E-state index in [1.54, 1.807) is 20.2 Å². The van der Waals surface area contributed by atoms with E-state index in [0.29, 0.717) is 25.2 Å². The van der Waals surface area contributed by atoms with E-state index >= 15 is 0 Å². The number of carbonyl (C=O) groups is 1. The molecule has 3 aromatic rings. The van der Waals surface area contributed by atoms with Crippen molar-refractivity contribution in [3.05, 3.63) is 77.6 Å². The highest BCUT2D eigenvalue weighted by Crippen LogP contribution is 2.38. The van der Waals surface area contributed by atoms with E-state index in [1.165, 1.54) is 16.3 Å². The monoisotopic (exact) mass is 497 g/mol. The smallest absolute Gasteiger partial charge is 0.407 e. The zero-order valence-electron chi connectivity index (χ0n) is 20.0. The molecule has 4 rings (SSSR count). The molecule has 2 aromatic carbocycles. The molecule has 0 radical (unpaired) electrons. The molecule has 1 aromatic heterocycles. The normalized spacial score (nSPS) is 17.1. The number of hydrogen-bond acceptors (Lipinski definition) is 6. The number of hydrogen-bond donors (Lipinski definition) is 1. The maximum Gasteiger partial charge on any atom is 0.407 e. The Morgan fingerprint density at radius 3 is 2.71 bits per heavy atom. The van der Waals surface area contributed by atoms with Gasteiger partial charge in [0, 0.05) is 31.4 Å². The van der Waals surface area contributed by atoms with Crippen LogP contribution in [0.4, 0.5) is 4.79 Å². The van der Waals surface area contributed by atoms with E-state index in [1.807, 2.05) is 36.4 Å². The maximum absolute atomic E-state index is 12.5. The molecule has 1 aliphatic rings. The van der Waals surface area contributed by atoms with Gasteiger partial charge in [0.15, 0.2) is 0 Å². The summed E-state index contributed by atoms with van der Waals surface area (Å²) in [6, 6.07) is 16.0. The van der Waals surface area contributed by atoms with Crippen molar-refractivity contribution in [2.24, 2.45) is 7.05 Å². The third kappa shape index (κ3) is 6.03. The fourth-order valence-electron chi connectivity index (χ4n) is 4.57. The Morgan fingerprint density at radius 1 is 1.20 bits per heavy atom. The first-order valence-electron chi connectivity index (χ1n) is 11.8. The third-order valence-corrected chi connectivity index (χ3v) is 7.98. The number of amides is 1. The van der Waals surface area contributed by atoms with E-state index in [-0.39, 0.29) is 29.5 Å². The van der Waals surface area contributed by atoms with Crippen LogP contribution >= 0.6 is 0 Å². The summed E-state index contributed by atoms with van der Waals surface area (Å²) in [5.74, 6) is 0.724. The fraction of sp³-hybridized carbons (Fsp3) is 0.385. The number of alkyl carbamates (subject to hydrolysis) is 1. The second-order valence-corrected chi connectivity index (χ2v) is 10.7. The number of rotatable bonds is 10. The van der Waals surface area contributed by atoms with E-state index in [0.717, 1.165) is 17.5 Å². The minimum absolute atomic E-state index is 0.0367. The first-order chi connectivity index (χ1) is 16.9. The lowest BCUT2D eigenvalue weighted by Crippen LogP contribution is -2.38. The van der Waals surface area contributed by atoms with Gasteiger partial charge in [-0.15, -0.1) is 0 Å². The van der Waals surface area contributed by atoms with Crippen LogP contribution in [0.1, 0.15) is 36.0 Å². The van der Waals surface area contributed by atoms with Crippen molar-refractivity contribution in [3.63, 3.8) is 0 Å². The van der Waals surface area contributed by atoms with Gasteiger partial charge in [-0.1, -0.05) is 36.4 Å². The molecule has 1 aliphatic carbocycles. The van der Waals surface area contributed by atoms with Gasteiger partial charge in [-0.2, -0.15) is 0 Å². The van der Waals surface area contributed by atoms with Gasteiger partial charge in [0.2, 0.25) is 15.0 Å². The molecular weight excluding hydrogens is 466 g/mol. The molecule has 0 aliphatic heterocycles. The highest BCUT2D eigenvalue weighted by molar-refractivity contribution is 7.91. The molecule has 0 spiro atoms. The van der Waals surface area contributed by atoms with Crippen LogP contribution in [0.5, 0.6) is 5.75 Å². The average Bonchev–Trinajstić information content (AvgIpc) is 3.41. The summed E-state index contributed by atoms with van der Waals surface area (Å²) >= 11 is 0. The van der Waals surface area contributed by atoms with Gasteiger partial charge in [-0.25, -0.2) is 18.2 Å². The molecule has 9 heteroatoms. The van der Waals surface area contributed by atoms with Crippen LogP contribution in [0, 0.1) is 0 Å². The molecule has 1 amide bonds. The number of aromatic nitrogens is 2. The lowest BCUT2D eigenvalue weighted by atomic mass is 9.91. The Bertz CT molecular complexity index is 1260. The summed E-state index contributed by atoms with van der Waals surface area (Å²) in [4.78, 5) is 16.1. The number of aryl methyl sites for hydroxylation is 1. The van der Waals surface area contributed by atoms with Crippen molar-refractivity contribution in [3.8, 4) is 5.75 Å². The van der Waals surface area contributed by atoms with Crippen LogP contribution in [-0.2, 0) is 34.5 Å². The summed E-state index contributed by atoms with van der Waals surface area (Å²) in [6.07, 6.45) is 4.53. The summed E-state index contributed by atoms with van der Waals surface area (Å²) in [5, 5.41) is 3.10. The van der Waals surface area contributed by atoms with E-state index in [9.17, 15) is 13.2 Å². The predicted molar refractivity (Wildman–Crippen MR) is 132 cm³/mol. The lowest BCUT2D eigenvalue weighted by molar-refractivity contribution is 0.147. The summed E-state index contributed by atoms with van der Waals surface area (Å²) in [7, 11) is -1.80. The predicted octanol–water partition coefficient (Wildman–Crippen LogP) is 3.66. The lowest BCUT2D eigenvalue weighted by Gasteiger charge is -2.22. The molecule has 1 N–H and O–H groups in total. The van der Waals surface area contributed by atoms with Crippen LogP contribution < -0.4 is 10.1 Å². The minimum Gasteiger partial charge on any atom is -0.494 e. The van der Waals surface area contributed by atoms with Crippen LogP contribution in [0.15, 0.2) is 66.1 Å². The molecule has 1 heterocycles. The first-order valence-corrected chi connectivity index (χ1v) is 13.5. The second-order valence-electron chi connectivity index (χ2n) is 8.67. The van der Waals surface area contributed by atoms with Crippen molar-refractivity contribution in [2.75, 3.05) is 19.0 Å². The molecule has 35 heavy (non-hydrogen) atoms. The number of carbonyl (C=O) groups excluding carboxylic acids is 1. The Kier molecular flexibility index (Phi) is 7.75. The Hall–Kier alpha value is -3.33. The number of sulfone groups is 1. The van der Waals surface area contributed by atoms with Crippen LogP contribution in [0.25, 0.3) is 0 Å². The molecule has 2 unspecified atom stereocenters. The minimum atomic E-state index is -3.46. The highest BCUT2D eigenvalue weighted by Gasteiger charge is 2.34. The average molecular weight is 498 g/mol. The molecule has 2 atom stereocenters. The molecule has 0 fully saturated rings. The SMILES string of the molecule is CCOC(=O)NC1Cc2ccc(OCCCS(=O)(=O)c3nccn3C)cc2C1Cc1ccccc1. The summed E-state index contributed by atoms with van der Waals surface area (Å²) in [6.45, 7) is 2.38. The number of benzene rings is 2. The van der Waals surface area contributed by atoms with Gasteiger partial charge in [-0.3, -0.25) is 0 Å². The number of fused-ring (bicyclic) bond motifs is 1. The van der Waals surface area contributed by atoms with Crippen LogP contribution in [0.2, 0.25) is 0 Å². The first kappa shape index (κ1) is 24.8. The van der Waals surface area contributed by atoms with E-state index < -0.39 is 15.9 Å². The van der Waals surface area contributed by atoms with Crippen LogP contribution in [0.3, 0.4) is 0 Å². The third-order valence-electron chi connectivity index (χ3n) is 6.20. The van der Waals surface area contributed by atoms with Crippen molar-refractivity contribution in [2.45, 2.75) is 43.3 Å². The van der Waals surface area contributed by atoms with Crippen molar-refractivity contribution in [1.82, 2.24) is 14.9 Å². The van der Waals surface area contributed by atoms with Gasteiger partial charge in [0.05, 0.1) is 19.0 Å². The second kappa shape index (κ2) is 10.9. The zero-order chi connectivity index (χ0) is 24.8. The Morgan fingerprint density at radius 2 is 2.00 bits per heavy atom.